The fourth-order valence-electron chi connectivity index (χ4n) is 3.32. The Morgan fingerprint density at radius 2 is 1.81 bits per heavy atom. The van der Waals surface area contributed by atoms with Gasteiger partial charge in [-0.2, -0.15) is 0 Å². The van der Waals surface area contributed by atoms with Crippen LogP contribution in [0.1, 0.15) is 12.5 Å². The number of aromatic nitrogens is 2. The number of para-hydroxylation sites is 1. The smallest absolute Gasteiger partial charge is 0.271 e. The van der Waals surface area contributed by atoms with Gasteiger partial charge < -0.3 is 5.32 Å². The van der Waals surface area contributed by atoms with Crippen LogP contribution < -0.4 is 5.32 Å². The molecule has 1 amide bonds. The molecule has 7 nitrogen and oxygen atoms in total. The standard InChI is InChI=1S/C24H20N4O3S/c1-2-16-10-6-13-20-22(16)26-23(17-8-4-3-5-9-17)27-24(20)32-15-21(29)25-18-11-7-12-19(14-18)28(30)31/h3-14H,2,15H2,1H3,(H,25,29). The van der Waals surface area contributed by atoms with Gasteiger partial charge in [0.15, 0.2) is 5.82 Å². The third-order valence-electron chi connectivity index (χ3n) is 4.87. The largest absolute Gasteiger partial charge is 0.325 e. The van der Waals surface area contributed by atoms with Crippen LogP contribution in [-0.2, 0) is 11.2 Å². The Kier molecular flexibility index (Phi) is 6.42. The Labute approximate surface area is 189 Å². The van der Waals surface area contributed by atoms with Gasteiger partial charge >= 0.3 is 0 Å². The van der Waals surface area contributed by atoms with Gasteiger partial charge in [0.05, 0.1) is 16.2 Å². The van der Waals surface area contributed by atoms with Gasteiger partial charge in [-0.05, 0) is 18.1 Å². The first-order valence-corrected chi connectivity index (χ1v) is 11.1. The summed E-state index contributed by atoms with van der Waals surface area (Å²) >= 11 is 1.32. The van der Waals surface area contributed by atoms with Gasteiger partial charge in [-0.1, -0.05) is 73.3 Å². The summed E-state index contributed by atoms with van der Waals surface area (Å²) in [5, 5.41) is 15.3. The number of thioether (sulfide) groups is 1. The summed E-state index contributed by atoms with van der Waals surface area (Å²) in [4.78, 5) is 32.5. The number of non-ortho nitro benzene ring substituents is 1. The van der Waals surface area contributed by atoms with Crippen molar-refractivity contribution in [2.75, 3.05) is 11.1 Å². The van der Waals surface area contributed by atoms with Crippen LogP contribution >= 0.6 is 11.8 Å². The minimum atomic E-state index is -0.492. The van der Waals surface area contributed by atoms with Crippen LogP contribution in [-0.4, -0.2) is 26.6 Å². The summed E-state index contributed by atoms with van der Waals surface area (Å²) in [6, 6.07) is 21.6. The van der Waals surface area contributed by atoms with Gasteiger partial charge in [0, 0.05) is 28.8 Å². The summed E-state index contributed by atoms with van der Waals surface area (Å²) < 4.78 is 0. The molecule has 0 atom stereocenters. The number of nitrogens with zero attached hydrogens (tertiary/aromatic N) is 3. The zero-order chi connectivity index (χ0) is 22.5. The monoisotopic (exact) mass is 444 g/mol. The number of nitro groups is 1. The number of nitrogens with one attached hydrogen (secondary N) is 1. The fraction of sp³-hybridized carbons (Fsp3) is 0.125. The molecule has 0 radical (unpaired) electrons. The Morgan fingerprint density at radius 1 is 1.03 bits per heavy atom. The third-order valence-corrected chi connectivity index (χ3v) is 5.86. The Bertz CT molecular complexity index is 1300. The van der Waals surface area contributed by atoms with Crippen molar-refractivity contribution in [2.45, 2.75) is 18.4 Å². The maximum Gasteiger partial charge on any atom is 0.271 e. The first-order valence-electron chi connectivity index (χ1n) is 10.1. The number of hydrogen-bond acceptors (Lipinski definition) is 6. The molecule has 0 aliphatic rings. The number of amides is 1. The molecule has 0 aliphatic heterocycles. The van der Waals surface area contributed by atoms with E-state index < -0.39 is 4.92 Å². The quantitative estimate of drug-likeness (QED) is 0.175. The molecular weight excluding hydrogens is 424 g/mol. The van der Waals surface area contributed by atoms with Crippen LogP contribution in [0.4, 0.5) is 11.4 Å². The van der Waals surface area contributed by atoms with Crippen molar-refractivity contribution in [1.29, 1.82) is 0 Å². The van der Waals surface area contributed by atoms with E-state index in [9.17, 15) is 14.9 Å². The molecule has 1 aromatic heterocycles. The van der Waals surface area contributed by atoms with Crippen molar-refractivity contribution in [2.24, 2.45) is 0 Å². The molecule has 0 saturated carbocycles. The van der Waals surface area contributed by atoms with Gasteiger partial charge in [-0.3, -0.25) is 14.9 Å². The molecule has 32 heavy (non-hydrogen) atoms. The summed E-state index contributed by atoms with van der Waals surface area (Å²) in [7, 11) is 0. The maximum atomic E-state index is 12.5. The molecule has 0 spiro atoms. The predicted octanol–water partition coefficient (Wildman–Crippen LogP) is 5.50. The molecule has 8 heteroatoms. The molecule has 4 rings (SSSR count). The number of anilines is 1. The van der Waals surface area contributed by atoms with Crippen molar-refractivity contribution in [3.05, 3.63) is 88.5 Å². The number of nitro benzene ring substituents is 1. The van der Waals surface area contributed by atoms with Crippen molar-refractivity contribution < 1.29 is 9.72 Å². The maximum absolute atomic E-state index is 12.5. The Balaban J connectivity index is 1.61. The van der Waals surface area contributed by atoms with Crippen molar-refractivity contribution in [3.8, 4) is 11.4 Å². The lowest BCUT2D eigenvalue weighted by atomic mass is 10.1. The molecule has 3 aromatic carbocycles. The van der Waals surface area contributed by atoms with Gasteiger partial charge in [0.25, 0.3) is 5.69 Å². The van der Waals surface area contributed by atoms with E-state index in [2.05, 4.69) is 12.2 Å². The summed E-state index contributed by atoms with van der Waals surface area (Å²) in [5.74, 6) is 0.454. The molecule has 1 N–H and O–H groups in total. The van der Waals surface area contributed by atoms with Crippen LogP contribution in [0.25, 0.3) is 22.3 Å². The number of aryl methyl sites for hydroxylation is 1. The molecule has 0 bridgehead atoms. The second-order valence-corrected chi connectivity index (χ2v) is 7.99. The number of rotatable bonds is 7. The van der Waals surface area contributed by atoms with E-state index in [4.69, 9.17) is 9.97 Å². The molecule has 160 valence electrons. The number of benzene rings is 3. The zero-order valence-corrected chi connectivity index (χ0v) is 18.1. The summed E-state index contributed by atoms with van der Waals surface area (Å²) in [6.07, 6.45) is 0.833. The highest BCUT2D eigenvalue weighted by Gasteiger charge is 2.14. The van der Waals surface area contributed by atoms with Crippen LogP contribution in [0.3, 0.4) is 0 Å². The van der Waals surface area contributed by atoms with Crippen LogP contribution in [0.5, 0.6) is 0 Å². The minimum Gasteiger partial charge on any atom is -0.325 e. The average Bonchev–Trinajstić information content (AvgIpc) is 2.82. The zero-order valence-electron chi connectivity index (χ0n) is 17.3. The van der Waals surface area contributed by atoms with E-state index >= 15 is 0 Å². The molecule has 0 saturated heterocycles. The highest BCUT2D eigenvalue weighted by Crippen LogP contribution is 2.30. The second-order valence-electron chi connectivity index (χ2n) is 7.03. The number of carbonyl (C=O) groups excluding carboxylic acids is 1. The van der Waals surface area contributed by atoms with Crippen molar-refractivity contribution in [1.82, 2.24) is 9.97 Å². The van der Waals surface area contributed by atoms with Crippen LogP contribution in [0, 0.1) is 10.1 Å². The second kappa shape index (κ2) is 9.57. The topological polar surface area (TPSA) is 98.0 Å². The lowest BCUT2D eigenvalue weighted by Gasteiger charge is -2.11. The van der Waals surface area contributed by atoms with E-state index in [1.807, 2.05) is 48.5 Å². The van der Waals surface area contributed by atoms with Crippen LogP contribution in [0.15, 0.2) is 77.8 Å². The van der Waals surface area contributed by atoms with Crippen molar-refractivity contribution >= 4 is 39.9 Å². The van der Waals surface area contributed by atoms with E-state index in [-0.39, 0.29) is 17.3 Å². The van der Waals surface area contributed by atoms with E-state index in [0.717, 1.165) is 33.5 Å². The lowest BCUT2D eigenvalue weighted by molar-refractivity contribution is -0.384. The molecule has 1 heterocycles. The first-order chi connectivity index (χ1) is 15.5. The predicted molar refractivity (Wildman–Crippen MR) is 127 cm³/mol. The lowest BCUT2D eigenvalue weighted by Crippen LogP contribution is -2.14. The minimum absolute atomic E-state index is 0.0724. The molecule has 0 aliphatic carbocycles. The number of hydrogen-bond donors (Lipinski definition) is 1. The molecule has 0 fully saturated rings. The van der Waals surface area contributed by atoms with Crippen molar-refractivity contribution in [3.63, 3.8) is 0 Å². The van der Waals surface area contributed by atoms with Gasteiger partial charge in [0.1, 0.15) is 5.03 Å². The Morgan fingerprint density at radius 3 is 2.56 bits per heavy atom. The SMILES string of the molecule is CCc1cccc2c(SCC(=O)Nc3cccc([N+](=O)[O-])c3)nc(-c3ccccc3)nc12. The van der Waals surface area contributed by atoms with Gasteiger partial charge in [-0.15, -0.1) is 0 Å². The van der Waals surface area contributed by atoms with Crippen LogP contribution in [0.2, 0.25) is 0 Å². The average molecular weight is 445 g/mol. The van der Waals surface area contributed by atoms with E-state index in [1.54, 1.807) is 6.07 Å². The summed E-state index contributed by atoms with van der Waals surface area (Å²) in [6.45, 7) is 2.08. The number of carbonyl (C=O) groups is 1. The fourth-order valence-corrected chi connectivity index (χ4v) is 4.13. The molecular formula is C24H20N4O3S. The van der Waals surface area contributed by atoms with E-state index in [0.29, 0.717) is 11.5 Å². The number of fused-ring (bicyclic) bond motifs is 1. The molecule has 0 unspecified atom stereocenters. The van der Waals surface area contributed by atoms with E-state index in [1.165, 1.54) is 30.0 Å². The normalized spacial score (nSPS) is 10.8. The Hall–Kier alpha value is -3.78. The summed E-state index contributed by atoms with van der Waals surface area (Å²) in [5.41, 5.74) is 3.21. The highest BCUT2D eigenvalue weighted by atomic mass is 32.2. The van der Waals surface area contributed by atoms with Gasteiger partial charge in [-0.25, -0.2) is 9.97 Å². The highest BCUT2D eigenvalue weighted by molar-refractivity contribution is 8.00. The molecule has 4 aromatic rings. The first kappa shape index (κ1) is 21.5. The van der Waals surface area contributed by atoms with Gasteiger partial charge in [0.2, 0.25) is 5.91 Å². The third kappa shape index (κ3) is 4.76.